The van der Waals surface area contributed by atoms with E-state index in [1.54, 1.807) is 6.07 Å². The average molecular weight is 725 g/mol. The number of hydrogen-bond acceptors (Lipinski definition) is 6. The Hall–Kier alpha value is -0.390. The Kier molecular flexibility index (Phi) is 9.02. The molecule has 0 saturated heterocycles. The third-order valence-electron chi connectivity index (χ3n) is 3.09. The van der Waals surface area contributed by atoms with Crippen LogP contribution in [0.1, 0.15) is 24.2 Å². The van der Waals surface area contributed by atoms with E-state index in [1.165, 1.54) is 6.07 Å². The Bertz CT molecular complexity index is 757. The van der Waals surface area contributed by atoms with Crippen LogP contribution < -0.4 is 5.11 Å². The lowest BCUT2D eigenvalue weighted by atomic mass is 10.0. The van der Waals surface area contributed by atoms with E-state index in [0.717, 1.165) is 13.8 Å². The number of esters is 2. The maximum absolute atomic E-state index is 13.9. The van der Waals surface area contributed by atoms with Crippen LogP contribution >= 0.6 is 67.8 Å². The van der Waals surface area contributed by atoms with Crippen LogP contribution in [0.5, 0.6) is 0 Å². The molecular formula is C15H11F3I3O6-. The van der Waals surface area contributed by atoms with Gasteiger partial charge < -0.3 is 19.4 Å². The van der Waals surface area contributed by atoms with Gasteiger partial charge in [0, 0.05) is 10.7 Å². The first kappa shape index (κ1) is 24.6. The molecule has 0 aliphatic heterocycles. The Morgan fingerprint density at radius 3 is 2.15 bits per heavy atom. The van der Waals surface area contributed by atoms with E-state index in [0.29, 0.717) is 10.7 Å². The van der Waals surface area contributed by atoms with E-state index in [-0.39, 0.29) is 5.56 Å². The molecule has 1 aromatic carbocycles. The molecule has 0 N–H and O–H groups in total. The first-order valence-electron chi connectivity index (χ1n) is 7.08. The molecule has 0 saturated carbocycles. The first-order valence-corrected chi connectivity index (χ1v) is 10.3. The zero-order valence-corrected chi connectivity index (χ0v) is 20.1. The third kappa shape index (κ3) is 6.30. The highest BCUT2D eigenvalue weighted by Gasteiger charge is 2.47. The highest BCUT2D eigenvalue weighted by molar-refractivity contribution is 14.1. The SMILES string of the molecule is CC(C)C(OC(=O)C(F)OC(=O)c1cc(I)cc(I)c1I)C(F)(F)C(=O)[O-]. The number of carboxylic acids is 1. The molecule has 6 nitrogen and oxygen atoms in total. The summed E-state index contributed by atoms with van der Waals surface area (Å²) in [6.07, 6.45) is -5.51. The molecular weight excluding hydrogens is 714 g/mol. The lowest BCUT2D eigenvalue weighted by Gasteiger charge is -2.30. The molecule has 2 atom stereocenters. The fourth-order valence-electron chi connectivity index (χ4n) is 1.83. The van der Waals surface area contributed by atoms with E-state index in [4.69, 9.17) is 0 Å². The van der Waals surface area contributed by atoms with Crippen molar-refractivity contribution in [2.45, 2.75) is 32.2 Å². The molecule has 0 aliphatic rings. The zero-order valence-electron chi connectivity index (χ0n) is 13.6. The second-order valence-corrected chi connectivity index (χ2v) is 8.97. The number of ether oxygens (including phenoxy) is 2. The Balaban J connectivity index is 2.93. The molecule has 0 radical (unpaired) electrons. The number of carbonyl (C=O) groups excluding carboxylic acids is 3. The van der Waals surface area contributed by atoms with Crippen LogP contribution in [0.3, 0.4) is 0 Å². The van der Waals surface area contributed by atoms with E-state index < -0.39 is 42.2 Å². The van der Waals surface area contributed by atoms with Crippen LogP contribution in [0.25, 0.3) is 0 Å². The summed E-state index contributed by atoms with van der Waals surface area (Å²) < 4.78 is 51.5. The van der Waals surface area contributed by atoms with Gasteiger partial charge in [0.15, 0.2) is 6.10 Å². The van der Waals surface area contributed by atoms with Crippen molar-refractivity contribution in [2.24, 2.45) is 5.92 Å². The second-order valence-electron chi connectivity index (χ2n) is 5.48. The predicted octanol–water partition coefficient (Wildman–Crippen LogP) is 2.91. The highest BCUT2D eigenvalue weighted by atomic mass is 127. The van der Waals surface area contributed by atoms with Crippen LogP contribution in [-0.2, 0) is 19.1 Å². The fourth-order valence-corrected chi connectivity index (χ4v) is 4.21. The Morgan fingerprint density at radius 1 is 1.11 bits per heavy atom. The molecule has 150 valence electrons. The summed E-state index contributed by atoms with van der Waals surface area (Å²) in [5.74, 6) is -11.6. The minimum Gasteiger partial charge on any atom is -0.544 e. The third-order valence-corrected chi connectivity index (χ3v) is 6.75. The number of aliphatic carboxylic acids is 1. The van der Waals surface area contributed by atoms with Gasteiger partial charge in [0.1, 0.15) is 5.97 Å². The molecule has 0 aromatic heterocycles. The minimum absolute atomic E-state index is 0.0252. The zero-order chi connectivity index (χ0) is 21.1. The van der Waals surface area contributed by atoms with Crippen LogP contribution in [-0.4, -0.2) is 36.3 Å². The van der Waals surface area contributed by atoms with Crippen molar-refractivity contribution < 1.29 is 42.1 Å². The lowest BCUT2D eigenvalue weighted by molar-refractivity contribution is -0.338. The van der Waals surface area contributed by atoms with Crippen molar-refractivity contribution >= 4 is 85.7 Å². The monoisotopic (exact) mass is 725 g/mol. The van der Waals surface area contributed by atoms with Crippen molar-refractivity contribution in [3.05, 3.63) is 28.4 Å². The largest absolute Gasteiger partial charge is 0.544 e. The van der Waals surface area contributed by atoms with Gasteiger partial charge in [0.2, 0.25) is 0 Å². The quantitative estimate of drug-likeness (QED) is 0.244. The van der Waals surface area contributed by atoms with Gasteiger partial charge in [0.05, 0.1) is 5.56 Å². The summed E-state index contributed by atoms with van der Waals surface area (Å²) in [5, 5.41) is 10.5. The van der Waals surface area contributed by atoms with Crippen molar-refractivity contribution in [2.75, 3.05) is 0 Å². The summed E-state index contributed by atoms with van der Waals surface area (Å²) in [6.45, 7) is 2.29. The fraction of sp³-hybridized carbons (Fsp3) is 0.400. The van der Waals surface area contributed by atoms with E-state index in [2.05, 4.69) is 9.47 Å². The van der Waals surface area contributed by atoms with E-state index in [1.807, 2.05) is 67.8 Å². The second kappa shape index (κ2) is 9.89. The molecule has 2 unspecified atom stereocenters. The minimum atomic E-state index is -4.55. The highest BCUT2D eigenvalue weighted by Crippen LogP contribution is 2.28. The summed E-state index contributed by atoms with van der Waals surface area (Å²) >= 11 is 5.69. The molecule has 12 heteroatoms. The van der Waals surface area contributed by atoms with Gasteiger partial charge in [-0.15, -0.1) is 0 Å². The summed E-state index contributed by atoms with van der Waals surface area (Å²) in [7, 11) is 0. The number of benzene rings is 1. The maximum Gasteiger partial charge on any atom is 0.381 e. The van der Waals surface area contributed by atoms with Crippen molar-refractivity contribution in [3.63, 3.8) is 0 Å². The number of hydrogen-bond donors (Lipinski definition) is 0. The lowest BCUT2D eigenvalue weighted by Crippen LogP contribution is -2.54. The first-order chi connectivity index (χ1) is 12.3. The summed E-state index contributed by atoms with van der Waals surface area (Å²) in [5.41, 5.74) is -0.0252. The van der Waals surface area contributed by atoms with E-state index in [9.17, 15) is 32.7 Å². The van der Waals surface area contributed by atoms with Gasteiger partial charge in [-0.2, -0.15) is 13.2 Å². The number of carboxylic acid groups (broad SMARTS) is 1. The molecule has 0 bridgehead atoms. The number of alkyl halides is 3. The van der Waals surface area contributed by atoms with Crippen molar-refractivity contribution in [3.8, 4) is 0 Å². The summed E-state index contributed by atoms with van der Waals surface area (Å²) in [4.78, 5) is 34.3. The Labute approximate surface area is 193 Å². The average Bonchev–Trinajstić information content (AvgIpc) is 2.54. The van der Waals surface area contributed by atoms with Gasteiger partial charge >= 0.3 is 24.2 Å². The number of carbonyl (C=O) groups is 3. The van der Waals surface area contributed by atoms with Gasteiger partial charge in [-0.3, -0.25) is 0 Å². The maximum atomic E-state index is 13.9. The topological polar surface area (TPSA) is 92.7 Å². The predicted molar refractivity (Wildman–Crippen MR) is 110 cm³/mol. The Morgan fingerprint density at radius 2 is 1.67 bits per heavy atom. The molecule has 0 spiro atoms. The van der Waals surface area contributed by atoms with Crippen LogP contribution in [0.2, 0.25) is 0 Å². The molecule has 0 aliphatic carbocycles. The smallest absolute Gasteiger partial charge is 0.381 e. The van der Waals surface area contributed by atoms with Crippen LogP contribution in [0.15, 0.2) is 12.1 Å². The van der Waals surface area contributed by atoms with Crippen molar-refractivity contribution in [1.82, 2.24) is 0 Å². The van der Waals surface area contributed by atoms with E-state index >= 15 is 0 Å². The van der Waals surface area contributed by atoms with Crippen LogP contribution in [0.4, 0.5) is 13.2 Å². The number of halogens is 6. The molecule has 0 heterocycles. The van der Waals surface area contributed by atoms with Gasteiger partial charge in [-0.1, -0.05) is 13.8 Å². The molecule has 1 rings (SSSR count). The standard InChI is InChI=1S/C15H12F3I3O6/c1-5(2)10(15(17,18)14(24)25)26-13(23)11(16)27-12(22)7-3-6(19)4-8(20)9(7)21/h3-5,10-11H,1-2H3,(H,24,25)/p-1. The van der Waals surface area contributed by atoms with Crippen LogP contribution in [0, 0.1) is 16.6 Å². The van der Waals surface area contributed by atoms with Crippen molar-refractivity contribution in [1.29, 1.82) is 0 Å². The van der Waals surface area contributed by atoms with Gasteiger partial charge in [-0.25, -0.2) is 9.59 Å². The molecule has 1 aromatic rings. The molecule has 0 fully saturated rings. The number of rotatable bonds is 7. The van der Waals surface area contributed by atoms with Gasteiger partial charge in [-0.05, 0) is 85.8 Å². The summed E-state index contributed by atoms with van der Waals surface area (Å²) in [6, 6.07) is 3.14. The normalized spacial score (nSPS) is 13.8. The molecule has 0 amide bonds. The molecule has 27 heavy (non-hydrogen) atoms. The van der Waals surface area contributed by atoms with Gasteiger partial charge in [0.25, 0.3) is 0 Å².